The molecule has 0 atom stereocenters. The van der Waals surface area contributed by atoms with Crippen LogP contribution >= 0.6 is 0 Å². The summed E-state index contributed by atoms with van der Waals surface area (Å²) < 4.78 is 27.2. The lowest BCUT2D eigenvalue weighted by Crippen LogP contribution is -2.37. The molecular weight excluding hydrogens is 457 g/mol. The number of ether oxygens (including phenoxy) is 2. The van der Waals surface area contributed by atoms with Crippen LogP contribution in [0.1, 0.15) is 28.7 Å². The topological polar surface area (TPSA) is 59.5 Å². The first-order valence-electron chi connectivity index (χ1n) is 12.4. The number of H-pyrrole nitrogens is 1. The Balaban J connectivity index is 1.33. The number of fused-ring (bicyclic) bond motifs is 3. The SMILES string of the molecule is O=c1[nH]c2cc(/C=C3\c4ccccc4COc4cc(F)ccc43)ccc2n1CCCN1CCOCC1. The Labute approximate surface area is 208 Å². The van der Waals surface area contributed by atoms with Crippen molar-refractivity contribution in [2.24, 2.45) is 0 Å². The normalized spacial score (nSPS) is 17.0. The molecule has 3 heterocycles. The summed E-state index contributed by atoms with van der Waals surface area (Å²) >= 11 is 0. The van der Waals surface area contributed by atoms with Crippen LogP contribution in [0.15, 0.2) is 65.5 Å². The Hall–Kier alpha value is -3.68. The van der Waals surface area contributed by atoms with E-state index < -0.39 is 0 Å². The van der Waals surface area contributed by atoms with Crippen molar-refractivity contribution in [2.45, 2.75) is 19.6 Å². The number of hydrogen-bond donors (Lipinski definition) is 1. The summed E-state index contributed by atoms with van der Waals surface area (Å²) in [6, 6.07) is 18.8. The smallest absolute Gasteiger partial charge is 0.326 e. The summed E-state index contributed by atoms with van der Waals surface area (Å²) in [7, 11) is 0. The van der Waals surface area contributed by atoms with Crippen molar-refractivity contribution in [3.8, 4) is 5.75 Å². The summed E-state index contributed by atoms with van der Waals surface area (Å²) in [5.41, 5.74) is 6.46. The lowest BCUT2D eigenvalue weighted by Gasteiger charge is -2.26. The second-order valence-electron chi connectivity index (χ2n) is 9.31. The molecule has 0 aliphatic carbocycles. The van der Waals surface area contributed by atoms with Crippen molar-refractivity contribution in [1.29, 1.82) is 0 Å². The number of hydrogen-bond acceptors (Lipinski definition) is 4. The van der Waals surface area contributed by atoms with E-state index in [1.807, 2.05) is 41.0 Å². The zero-order valence-corrected chi connectivity index (χ0v) is 20.0. The number of aromatic nitrogens is 2. The highest BCUT2D eigenvalue weighted by atomic mass is 19.1. The maximum Gasteiger partial charge on any atom is 0.326 e. The molecule has 6 nitrogen and oxygen atoms in total. The van der Waals surface area contributed by atoms with Crippen LogP contribution in [0.4, 0.5) is 4.39 Å². The van der Waals surface area contributed by atoms with Crippen LogP contribution in [-0.4, -0.2) is 47.3 Å². The molecule has 1 aromatic heterocycles. The van der Waals surface area contributed by atoms with E-state index in [0.717, 1.165) is 78.1 Å². The molecule has 0 saturated carbocycles. The van der Waals surface area contributed by atoms with Gasteiger partial charge in [-0.1, -0.05) is 30.3 Å². The number of aromatic amines is 1. The fourth-order valence-corrected chi connectivity index (χ4v) is 5.14. The molecule has 1 saturated heterocycles. The van der Waals surface area contributed by atoms with Gasteiger partial charge in [0.15, 0.2) is 0 Å². The molecule has 0 unspecified atom stereocenters. The molecule has 2 aliphatic rings. The third-order valence-corrected chi connectivity index (χ3v) is 6.99. The number of nitrogens with zero attached hydrogens (tertiary/aromatic N) is 2. The number of nitrogens with one attached hydrogen (secondary N) is 1. The van der Waals surface area contributed by atoms with Crippen LogP contribution in [-0.2, 0) is 17.9 Å². The highest BCUT2D eigenvalue weighted by Crippen LogP contribution is 2.38. The highest BCUT2D eigenvalue weighted by molar-refractivity contribution is 5.95. The van der Waals surface area contributed by atoms with Gasteiger partial charge in [0.1, 0.15) is 18.2 Å². The van der Waals surface area contributed by atoms with Gasteiger partial charge < -0.3 is 14.5 Å². The predicted octanol–water partition coefficient (Wildman–Crippen LogP) is 4.67. The van der Waals surface area contributed by atoms with Gasteiger partial charge in [0.2, 0.25) is 0 Å². The van der Waals surface area contributed by atoms with Gasteiger partial charge in [0.05, 0.1) is 24.2 Å². The first-order chi connectivity index (χ1) is 17.7. The molecule has 0 spiro atoms. The predicted molar refractivity (Wildman–Crippen MR) is 139 cm³/mol. The molecule has 0 bridgehead atoms. The number of rotatable bonds is 5. The van der Waals surface area contributed by atoms with Crippen molar-refractivity contribution in [1.82, 2.24) is 14.5 Å². The standard InChI is InChI=1S/C29H28FN3O3/c30-22-7-8-24-25(23-5-2-1-4-21(23)19-36-28(24)18-22)16-20-6-9-27-26(17-20)31-29(34)33(27)11-3-10-32-12-14-35-15-13-32/h1-2,4-9,16-18H,3,10-15,19H2,(H,31,34)/b25-16+. The Bertz CT molecular complexity index is 1500. The quantitative estimate of drug-likeness (QED) is 0.446. The minimum absolute atomic E-state index is 0.0918. The highest BCUT2D eigenvalue weighted by Gasteiger charge is 2.20. The van der Waals surface area contributed by atoms with Gasteiger partial charge in [-0.2, -0.15) is 0 Å². The summed E-state index contributed by atoms with van der Waals surface area (Å²) in [6.07, 6.45) is 2.99. The van der Waals surface area contributed by atoms with E-state index in [9.17, 15) is 9.18 Å². The summed E-state index contributed by atoms with van der Waals surface area (Å²) in [4.78, 5) is 18.1. The van der Waals surface area contributed by atoms with Crippen LogP contribution in [0.25, 0.3) is 22.7 Å². The average Bonchev–Trinajstić information content (AvgIpc) is 3.12. The summed E-state index contributed by atoms with van der Waals surface area (Å²) in [5.74, 6) is 0.200. The first kappa shape index (κ1) is 22.8. The van der Waals surface area contributed by atoms with Crippen molar-refractivity contribution in [3.05, 3.63) is 99.2 Å². The Kier molecular flexibility index (Phi) is 6.17. The first-order valence-corrected chi connectivity index (χ1v) is 12.4. The lowest BCUT2D eigenvalue weighted by atomic mass is 9.92. The van der Waals surface area contributed by atoms with Gasteiger partial charge in [-0.15, -0.1) is 0 Å². The number of aryl methyl sites for hydroxylation is 1. The fourth-order valence-electron chi connectivity index (χ4n) is 5.14. The van der Waals surface area contributed by atoms with Crippen LogP contribution in [0, 0.1) is 5.82 Å². The minimum Gasteiger partial charge on any atom is -0.488 e. The van der Waals surface area contributed by atoms with Crippen LogP contribution in [0.2, 0.25) is 0 Å². The number of imidazole rings is 1. The molecule has 0 radical (unpaired) electrons. The molecular formula is C29H28FN3O3. The maximum absolute atomic E-state index is 14.0. The minimum atomic E-state index is -0.326. The van der Waals surface area contributed by atoms with Crippen molar-refractivity contribution in [3.63, 3.8) is 0 Å². The van der Waals surface area contributed by atoms with E-state index in [0.29, 0.717) is 18.9 Å². The van der Waals surface area contributed by atoms with E-state index in [1.54, 1.807) is 6.07 Å². The molecule has 2 aliphatic heterocycles. The van der Waals surface area contributed by atoms with E-state index in [2.05, 4.69) is 22.0 Å². The third kappa shape index (κ3) is 4.47. The average molecular weight is 486 g/mol. The zero-order valence-electron chi connectivity index (χ0n) is 20.0. The van der Waals surface area contributed by atoms with Gasteiger partial charge in [0, 0.05) is 37.8 Å². The van der Waals surface area contributed by atoms with E-state index in [-0.39, 0.29) is 11.5 Å². The molecule has 3 aromatic carbocycles. The van der Waals surface area contributed by atoms with Crippen molar-refractivity contribution in [2.75, 3.05) is 32.8 Å². The zero-order chi connectivity index (χ0) is 24.5. The maximum atomic E-state index is 14.0. The van der Waals surface area contributed by atoms with Crippen molar-refractivity contribution < 1.29 is 13.9 Å². The molecule has 4 aromatic rings. The van der Waals surface area contributed by atoms with Gasteiger partial charge in [-0.25, -0.2) is 9.18 Å². The Morgan fingerprint density at radius 1 is 0.972 bits per heavy atom. The molecule has 1 N–H and O–H groups in total. The largest absolute Gasteiger partial charge is 0.488 e. The molecule has 6 rings (SSSR count). The Morgan fingerprint density at radius 3 is 2.72 bits per heavy atom. The van der Waals surface area contributed by atoms with Crippen LogP contribution in [0.5, 0.6) is 5.75 Å². The fraction of sp³-hybridized carbons (Fsp3) is 0.276. The molecule has 36 heavy (non-hydrogen) atoms. The summed E-state index contributed by atoms with van der Waals surface area (Å²) in [5, 5.41) is 0. The van der Waals surface area contributed by atoms with Gasteiger partial charge in [-0.3, -0.25) is 9.47 Å². The number of benzene rings is 3. The third-order valence-electron chi connectivity index (χ3n) is 6.99. The van der Waals surface area contributed by atoms with Gasteiger partial charge in [0.25, 0.3) is 0 Å². The Morgan fingerprint density at radius 2 is 1.83 bits per heavy atom. The van der Waals surface area contributed by atoms with E-state index in [1.165, 1.54) is 12.1 Å². The van der Waals surface area contributed by atoms with Crippen LogP contribution in [0.3, 0.4) is 0 Å². The molecule has 1 fully saturated rings. The van der Waals surface area contributed by atoms with Crippen molar-refractivity contribution >= 4 is 22.7 Å². The van der Waals surface area contributed by atoms with E-state index in [4.69, 9.17) is 9.47 Å². The second-order valence-corrected chi connectivity index (χ2v) is 9.31. The number of halogens is 1. The molecule has 0 amide bonds. The van der Waals surface area contributed by atoms with Crippen LogP contribution < -0.4 is 10.4 Å². The number of morpholine rings is 1. The summed E-state index contributed by atoms with van der Waals surface area (Å²) in [6.45, 7) is 5.45. The van der Waals surface area contributed by atoms with E-state index >= 15 is 0 Å². The van der Waals surface area contributed by atoms with Gasteiger partial charge in [-0.05, 0) is 59.0 Å². The molecule has 184 valence electrons. The van der Waals surface area contributed by atoms with Gasteiger partial charge >= 0.3 is 5.69 Å². The second kappa shape index (κ2) is 9.76. The molecule has 7 heteroatoms. The monoisotopic (exact) mass is 485 g/mol. The lowest BCUT2D eigenvalue weighted by molar-refractivity contribution is 0.0369.